The molecule has 3 rings (SSSR count). The second-order valence-electron chi connectivity index (χ2n) is 5.09. The lowest BCUT2D eigenvalue weighted by atomic mass is 9.86. The Morgan fingerprint density at radius 1 is 1.11 bits per heavy atom. The molecule has 98 valence electrons. The van der Waals surface area contributed by atoms with Gasteiger partial charge in [0.15, 0.2) is 5.78 Å². The van der Waals surface area contributed by atoms with Gasteiger partial charge in [-0.3, -0.25) is 4.79 Å². The van der Waals surface area contributed by atoms with E-state index >= 15 is 0 Å². The first-order valence-corrected chi connectivity index (χ1v) is 7.72. The minimum absolute atomic E-state index is 0.234. The molecule has 0 radical (unpaired) electrons. The average Bonchev–Trinajstić information content (AvgIpc) is 2.98. The lowest BCUT2D eigenvalue weighted by Gasteiger charge is -2.19. The zero-order chi connectivity index (χ0) is 13.1. The number of ketones is 1. The second-order valence-corrected chi connectivity index (χ2v) is 6.13. The molecule has 0 spiro atoms. The number of Topliss-reactive ketones (excluding diaryl/α,β-unsaturated/α-hetero) is 1. The van der Waals surface area contributed by atoms with E-state index in [-0.39, 0.29) is 5.92 Å². The van der Waals surface area contributed by atoms with Crippen LogP contribution >= 0.6 is 11.3 Å². The third-order valence-electron chi connectivity index (χ3n) is 3.75. The van der Waals surface area contributed by atoms with Crippen LogP contribution in [0.15, 0.2) is 36.5 Å². The minimum atomic E-state index is 0.234. The number of benzene rings is 1. The van der Waals surface area contributed by atoms with Crippen molar-refractivity contribution in [1.82, 2.24) is 4.98 Å². The van der Waals surface area contributed by atoms with Gasteiger partial charge in [-0.2, -0.15) is 0 Å². The maximum Gasteiger partial charge on any atom is 0.177 e. The molecule has 19 heavy (non-hydrogen) atoms. The van der Waals surface area contributed by atoms with Gasteiger partial charge in [0.05, 0.1) is 4.88 Å². The second kappa shape index (κ2) is 5.66. The van der Waals surface area contributed by atoms with Gasteiger partial charge in [-0.05, 0) is 12.8 Å². The molecule has 3 heteroatoms. The van der Waals surface area contributed by atoms with Crippen LogP contribution in [0.2, 0.25) is 0 Å². The average molecular weight is 271 g/mol. The van der Waals surface area contributed by atoms with Crippen molar-refractivity contribution in [3.8, 4) is 10.6 Å². The summed E-state index contributed by atoms with van der Waals surface area (Å²) in [6.07, 6.45) is 7.53. The van der Waals surface area contributed by atoms with E-state index < -0.39 is 0 Å². The van der Waals surface area contributed by atoms with Crippen LogP contribution in [0.1, 0.15) is 41.8 Å². The summed E-state index contributed by atoms with van der Waals surface area (Å²) in [6.45, 7) is 0. The highest BCUT2D eigenvalue weighted by atomic mass is 32.1. The third-order valence-corrected chi connectivity index (χ3v) is 4.81. The number of carbonyl (C=O) groups is 1. The number of carbonyl (C=O) groups excluding carboxylic acids is 1. The van der Waals surface area contributed by atoms with Gasteiger partial charge in [0.25, 0.3) is 0 Å². The van der Waals surface area contributed by atoms with Crippen LogP contribution in [0.3, 0.4) is 0 Å². The van der Waals surface area contributed by atoms with E-state index in [4.69, 9.17) is 0 Å². The Morgan fingerprint density at radius 2 is 1.84 bits per heavy atom. The molecule has 1 aromatic heterocycles. The highest BCUT2D eigenvalue weighted by Crippen LogP contribution is 2.31. The minimum Gasteiger partial charge on any atom is -0.293 e. The van der Waals surface area contributed by atoms with Crippen molar-refractivity contribution in [2.45, 2.75) is 32.1 Å². The lowest BCUT2D eigenvalue weighted by Crippen LogP contribution is -2.16. The highest BCUT2D eigenvalue weighted by Gasteiger charge is 2.24. The number of thiazole rings is 1. The number of aromatic nitrogens is 1. The standard InChI is InChI=1S/C16H17NOS/c18-15(12-7-3-1-4-8-12)14-11-17-16(19-14)13-9-5-2-6-10-13/h2,5-6,9-12H,1,3-4,7-8H2. The summed E-state index contributed by atoms with van der Waals surface area (Å²) >= 11 is 1.53. The van der Waals surface area contributed by atoms with Gasteiger partial charge in [-0.1, -0.05) is 49.6 Å². The molecular formula is C16H17NOS. The van der Waals surface area contributed by atoms with Crippen LogP contribution in [0.25, 0.3) is 10.6 Å². The predicted octanol–water partition coefficient (Wildman–Crippen LogP) is 4.57. The molecular weight excluding hydrogens is 254 g/mol. The van der Waals surface area contributed by atoms with E-state index in [1.165, 1.54) is 30.6 Å². The van der Waals surface area contributed by atoms with E-state index in [1.54, 1.807) is 6.20 Å². The normalized spacial score (nSPS) is 16.4. The quantitative estimate of drug-likeness (QED) is 0.765. The summed E-state index contributed by atoms with van der Waals surface area (Å²) in [5.41, 5.74) is 1.09. The van der Waals surface area contributed by atoms with Gasteiger partial charge < -0.3 is 0 Å². The van der Waals surface area contributed by atoms with E-state index in [9.17, 15) is 4.79 Å². The van der Waals surface area contributed by atoms with Crippen LogP contribution in [-0.2, 0) is 0 Å². The van der Waals surface area contributed by atoms with Crippen LogP contribution in [0.5, 0.6) is 0 Å². The molecule has 1 aromatic carbocycles. The Labute approximate surface area is 117 Å². The molecule has 1 fully saturated rings. The first kappa shape index (κ1) is 12.5. The summed E-state index contributed by atoms with van der Waals surface area (Å²) in [5, 5.41) is 0.944. The molecule has 2 nitrogen and oxygen atoms in total. The summed E-state index contributed by atoms with van der Waals surface area (Å²) in [7, 11) is 0. The van der Waals surface area contributed by atoms with Gasteiger partial charge in [0.2, 0.25) is 0 Å². The molecule has 1 aliphatic rings. The molecule has 0 aliphatic heterocycles. The van der Waals surface area contributed by atoms with Crippen LogP contribution < -0.4 is 0 Å². The summed E-state index contributed by atoms with van der Waals surface area (Å²) < 4.78 is 0. The zero-order valence-corrected chi connectivity index (χ0v) is 11.7. The molecule has 0 bridgehead atoms. The summed E-state index contributed by atoms with van der Waals surface area (Å²) in [4.78, 5) is 17.6. The number of hydrogen-bond acceptors (Lipinski definition) is 3. The van der Waals surface area contributed by atoms with Crippen LogP contribution in [-0.4, -0.2) is 10.8 Å². The third kappa shape index (κ3) is 2.76. The first-order valence-electron chi connectivity index (χ1n) is 6.90. The monoisotopic (exact) mass is 271 g/mol. The maximum atomic E-state index is 12.4. The van der Waals surface area contributed by atoms with Crippen molar-refractivity contribution in [1.29, 1.82) is 0 Å². The summed E-state index contributed by atoms with van der Waals surface area (Å²) in [5.74, 6) is 0.539. The lowest BCUT2D eigenvalue weighted by molar-refractivity contribution is 0.0893. The van der Waals surface area contributed by atoms with E-state index in [0.29, 0.717) is 5.78 Å². The van der Waals surface area contributed by atoms with Crippen LogP contribution in [0.4, 0.5) is 0 Å². The fourth-order valence-electron chi connectivity index (χ4n) is 2.67. The number of hydrogen-bond donors (Lipinski definition) is 0. The van der Waals surface area contributed by atoms with Gasteiger partial charge in [0.1, 0.15) is 5.01 Å². The maximum absolute atomic E-state index is 12.4. The fraction of sp³-hybridized carbons (Fsp3) is 0.375. The molecule has 0 atom stereocenters. The molecule has 1 aliphatic carbocycles. The predicted molar refractivity (Wildman–Crippen MR) is 78.5 cm³/mol. The fourth-order valence-corrected chi connectivity index (χ4v) is 3.61. The molecule has 1 saturated carbocycles. The van der Waals surface area contributed by atoms with E-state index in [1.807, 2.05) is 30.3 Å². The topological polar surface area (TPSA) is 30.0 Å². The van der Waals surface area contributed by atoms with E-state index in [2.05, 4.69) is 4.98 Å². The Kier molecular flexibility index (Phi) is 3.74. The van der Waals surface area contributed by atoms with Crippen LogP contribution in [0, 0.1) is 5.92 Å². The van der Waals surface area contributed by atoms with Gasteiger partial charge in [-0.25, -0.2) is 4.98 Å². The molecule has 0 unspecified atom stereocenters. The molecule has 1 heterocycles. The molecule has 0 amide bonds. The van der Waals surface area contributed by atoms with Crippen molar-refractivity contribution in [2.24, 2.45) is 5.92 Å². The molecule has 0 N–H and O–H groups in total. The van der Waals surface area contributed by atoms with Crippen molar-refractivity contribution < 1.29 is 4.79 Å². The van der Waals surface area contributed by atoms with Crippen molar-refractivity contribution in [3.05, 3.63) is 41.4 Å². The Bertz CT molecular complexity index is 555. The van der Waals surface area contributed by atoms with Crippen molar-refractivity contribution >= 4 is 17.1 Å². The van der Waals surface area contributed by atoms with Gasteiger partial charge >= 0.3 is 0 Å². The van der Waals surface area contributed by atoms with Gasteiger partial charge in [-0.15, -0.1) is 11.3 Å². The summed E-state index contributed by atoms with van der Waals surface area (Å²) in [6, 6.07) is 10.1. The smallest absolute Gasteiger partial charge is 0.177 e. The van der Waals surface area contributed by atoms with E-state index in [0.717, 1.165) is 28.3 Å². The molecule has 0 saturated heterocycles. The number of nitrogens with zero attached hydrogens (tertiary/aromatic N) is 1. The van der Waals surface area contributed by atoms with Gasteiger partial charge in [0, 0.05) is 17.7 Å². The Hall–Kier alpha value is -1.48. The highest BCUT2D eigenvalue weighted by molar-refractivity contribution is 7.17. The Morgan fingerprint density at radius 3 is 2.58 bits per heavy atom. The Balaban J connectivity index is 1.79. The number of rotatable bonds is 3. The van der Waals surface area contributed by atoms with Crippen molar-refractivity contribution in [3.63, 3.8) is 0 Å². The zero-order valence-electron chi connectivity index (χ0n) is 10.8. The largest absolute Gasteiger partial charge is 0.293 e. The molecule has 2 aromatic rings. The first-order chi connectivity index (χ1) is 9.34. The SMILES string of the molecule is O=C(c1cnc(-c2ccccc2)s1)C1CCCCC1. The van der Waals surface area contributed by atoms with Crippen molar-refractivity contribution in [2.75, 3.05) is 0 Å².